The number of benzene rings is 4. The molecular formula is C45H56N2O6. The van der Waals surface area contributed by atoms with Crippen molar-refractivity contribution in [1.82, 2.24) is 9.80 Å². The maximum atomic E-state index is 13.2. The lowest BCUT2D eigenvalue weighted by Gasteiger charge is -2.49. The number of rotatable bonds is 15. The molecule has 4 aromatic carbocycles. The Morgan fingerprint density at radius 3 is 1.66 bits per heavy atom. The van der Waals surface area contributed by atoms with E-state index in [1.165, 1.54) is 0 Å². The van der Waals surface area contributed by atoms with E-state index in [-0.39, 0.29) is 36.4 Å². The van der Waals surface area contributed by atoms with Gasteiger partial charge in [0.1, 0.15) is 17.8 Å². The molecule has 0 unspecified atom stereocenters. The predicted molar refractivity (Wildman–Crippen MR) is 207 cm³/mol. The Bertz CT molecular complexity index is 1640. The maximum Gasteiger partial charge on any atom is 0.410 e. The summed E-state index contributed by atoms with van der Waals surface area (Å²) >= 11 is 0. The Hall–Kier alpha value is -4.05. The summed E-state index contributed by atoms with van der Waals surface area (Å²) < 4.78 is 33.1. The number of carbonyl (C=O) groups is 1. The Balaban J connectivity index is 1.30. The largest absolute Gasteiger partial charge is 0.444 e. The van der Waals surface area contributed by atoms with Gasteiger partial charge in [-0.25, -0.2) is 4.79 Å². The number of ether oxygens (including phenoxy) is 5. The van der Waals surface area contributed by atoms with E-state index in [4.69, 9.17) is 23.7 Å². The van der Waals surface area contributed by atoms with Gasteiger partial charge in [0.15, 0.2) is 0 Å². The summed E-state index contributed by atoms with van der Waals surface area (Å²) in [5.41, 5.74) is 3.88. The van der Waals surface area contributed by atoms with E-state index in [0.717, 1.165) is 41.6 Å². The number of nitrogens with zero attached hydrogens (tertiary/aromatic N) is 2. The van der Waals surface area contributed by atoms with Gasteiger partial charge in [-0.15, -0.1) is 0 Å². The molecule has 2 saturated heterocycles. The van der Waals surface area contributed by atoms with Gasteiger partial charge in [0.2, 0.25) is 0 Å². The van der Waals surface area contributed by atoms with Crippen LogP contribution in [0.3, 0.4) is 0 Å². The van der Waals surface area contributed by atoms with Crippen molar-refractivity contribution in [1.29, 1.82) is 0 Å². The van der Waals surface area contributed by atoms with Crippen LogP contribution in [0.25, 0.3) is 0 Å². The number of likely N-dealkylation sites (tertiary alicyclic amines) is 2. The van der Waals surface area contributed by atoms with Crippen molar-refractivity contribution < 1.29 is 28.5 Å². The molecule has 0 N–H and O–H groups in total. The van der Waals surface area contributed by atoms with Gasteiger partial charge in [0, 0.05) is 26.2 Å². The molecule has 8 heteroatoms. The molecule has 0 aromatic heterocycles. The fourth-order valence-electron chi connectivity index (χ4n) is 7.30. The van der Waals surface area contributed by atoms with Crippen LogP contribution in [-0.4, -0.2) is 78.6 Å². The topological polar surface area (TPSA) is 69.7 Å². The van der Waals surface area contributed by atoms with Crippen molar-refractivity contribution >= 4 is 6.09 Å². The molecule has 0 bridgehead atoms. The van der Waals surface area contributed by atoms with Gasteiger partial charge >= 0.3 is 6.09 Å². The average molecular weight is 721 g/mol. The highest BCUT2D eigenvalue weighted by atomic mass is 16.6. The molecule has 282 valence electrons. The zero-order valence-corrected chi connectivity index (χ0v) is 31.6. The molecule has 2 aliphatic heterocycles. The molecular weight excluding hydrogens is 665 g/mol. The van der Waals surface area contributed by atoms with Gasteiger partial charge in [-0.2, -0.15) is 0 Å². The molecule has 0 aliphatic carbocycles. The van der Waals surface area contributed by atoms with Gasteiger partial charge in [-0.1, -0.05) is 121 Å². The second-order valence-electron chi connectivity index (χ2n) is 15.3. The van der Waals surface area contributed by atoms with E-state index in [1.807, 2.05) is 98.5 Å². The first kappa shape index (κ1) is 38.7. The quantitative estimate of drug-likeness (QED) is 0.122. The lowest BCUT2D eigenvalue weighted by molar-refractivity contribution is -0.212. The van der Waals surface area contributed by atoms with Crippen LogP contribution in [0.15, 0.2) is 121 Å². The molecule has 53 heavy (non-hydrogen) atoms. The zero-order chi connectivity index (χ0) is 36.9. The SMILES string of the molecule is CC(C)(C)OC(=O)N1CCC[C@H](CN2C[C@H](OCc3ccccc3)[C@@H](OCc3ccccc3)[C@H](OCc3ccccc3)[C@@H]2COCc2ccccc2)C1. The minimum atomic E-state index is -0.542. The van der Waals surface area contributed by atoms with Gasteiger partial charge in [0.25, 0.3) is 0 Å². The van der Waals surface area contributed by atoms with E-state index in [1.54, 1.807) is 0 Å². The molecule has 0 radical (unpaired) electrons. The van der Waals surface area contributed by atoms with Crippen LogP contribution in [-0.2, 0) is 50.1 Å². The van der Waals surface area contributed by atoms with E-state index in [0.29, 0.717) is 52.7 Å². The summed E-state index contributed by atoms with van der Waals surface area (Å²) in [4.78, 5) is 17.5. The summed E-state index contributed by atoms with van der Waals surface area (Å²) in [5, 5.41) is 0. The minimum Gasteiger partial charge on any atom is -0.444 e. The molecule has 0 saturated carbocycles. The Morgan fingerprint density at radius 1 is 0.642 bits per heavy atom. The van der Waals surface area contributed by atoms with Crippen molar-refractivity contribution in [2.75, 3.05) is 32.8 Å². The van der Waals surface area contributed by atoms with Crippen LogP contribution in [0.4, 0.5) is 4.79 Å². The molecule has 5 atom stereocenters. The summed E-state index contributed by atoms with van der Waals surface area (Å²) in [6.07, 6.45) is 0.689. The smallest absolute Gasteiger partial charge is 0.410 e. The van der Waals surface area contributed by atoms with Gasteiger partial charge < -0.3 is 28.6 Å². The third-order valence-electron chi connectivity index (χ3n) is 9.89. The summed E-state index contributed by atoms with van der Waals surface area (Å²) in [7, 11) is 0. The summed E-state index contributed by atoms with van der Waals surface area (Å²) in [6, 6.07) is 41.0. The van der Waals surface area contributed by atoms with Crippen molar-refractivity contribution in [2.45, 2.75) is 90.0 Å². The number of hydrogen-bond donors (Lipinski definition) is 0. The second kappa shape index (κ2) is 19.3. The number of carbonyl (C=O) groups excluding carboxylic acids is 1. The monoisotopic (exact) mass is 720 g/mol. The molecule has 0 spiro atoms. The third-order valence-corrected chi connectivity index (χ3v) is 9.89. The highest BCUT2D eigenvalue weighted by Gasteiger charge is 2.47. The lowest BCUT2D eigenvalue weighted by atomic mass is 9.90. The molecule has 8 nitrogen and oxygen atoms in total. The number of piperidine rings is 2. The van der Waals surface area contributed by atoms with E-state index < -0.39 is 5.60 Å². The Kier molecular flexibility index (Phi) is 14.1. The summed E-state index contributed by atoms with van der Waals surface area (Å²) in [6.45, 7) is 10.8. The highest BCUT2D eigenvalue weighted by Crippen LogP contribution is 2.31. The van der Waals surface area contributed by atoms with Crippen LogP contribution < -0.4 is 0 Å². The number of amides is 1. The van der Waals surface area contributed by atoms with E-state index >= 15 is 0 Å². The van der Waals surface area contributed by atoms with Crippen LogP contribution in [0.1, 0.15) is 55.9 Å². The first-order valence-electron chi connectivity index (χ1n) is 19.1. The molecule has 2 fully saturated rings. The lowest BCUT2D eigenvalue weighted by Crippen LogP contribution is -2.65. The molecule has 1 amide bonds. The number of hydrogen-bond acceptors (Lipinski definition) is 7. The van der Waals surface area contributed by atoms with Crippen molar-refractivity contribution in [3.8, 4) is 0 Å². The average Bonchev–Trinajstić information content (AvgIpc) is 3.17. The van der Waals surface area contributed by atoms with Crippen molar-refractivity contribution in [3.05, 3.63) is 144 Å². The van der Waals surface area contributed by atoms with Crippen LogP contribution in [0.5, 0.6) is 0 Å². The highest BCUT2D eigenvalue weighted by molar-refractivity contribution is 5.68. The predicted octanol–water partition coefficient (Wildman–Crippen LogP) is 8.29. The fourth-order valence-corrected chi connectivity index (χ4v) is 7.30. The molecule has 2 aliphatic rings. The van der Waals surface area contributed by atoms with Gasteiger partial charge in [-0.05, 0) is 61.8 Å². The molecule has 2 heterocycles. The van der Waals surface area contributed by atoms with E-state index in [2.05, 4.69) is 53.4 Å². The second-order valence-corrected chi connectivity index (χ2v) is 15.3. The standard InChI is InChI=1S/C45H56N2O6/c1-45(2,3)53-44(48)46-26-16-25-39(27-46)28-47-29-41(50-31-36-19-10-5-11-20-36)43(52-33-38-23-14-7-15-24-38)42(51-32-37-21-12-6-13-22-37)40(47)34-49-30-35-17-8-4-9-18-35/h4-15,17-24,39-43H,16,25-34H2,1-3H3/t39-,40-,41-,42+,43+/m0/s1. The minimum absolute atomic E-state index is 0.128. The fraction of sp³-hybridized carbons (Fsp3) is 0.444. The summed E-state index contributed by atoms with van der Waals surface area (Å²) in [5.74, 6) is 0.249. The van der Waals surface area contributed by atoms with Crippen molar-refractivity contribution in [2.24, 2.45) is 5.92 Å². The van der Waals surface area contributed by atoms with Crippen LogP contribution >= 0.6 is 0 Å². The molecule has 6 rings (SSSR count). The van der Waals surface area contributed by atoms with Gasteiger partial charge in [-0.3, -0.25) is 4.90 Å². The van der Waals surface area contributed by atoms with E-state index in [9.17, 15) is 4.79 Å². The van der Waals surface area contributed by atoms with Crippen molar-refractivity contribution in [3.63, 3.8) is 0 Å². The maximum absolute atomic E-state index is 13.2. The normalized spacial score (nSPS) is 22.4. The Morgan fingerprint density at radius 2 is 1.13 bits per heavy atom. The third kappa shape index (κ3) is 12.0. The first-order chi connectivity index (χ1) is 25.8. The molecule has 4 aromatic rings. The van der Waals surface area contributed by atoms with Crippen LogP contribution in [0, 0.1) is 5.92 Å². The van der Waals surface area contributed by atoms with Crippen LogP contribution in [0.2, 0.25) is 0 Å². The zero-order valence-electron chi connectivity index (χ0n) is 31.6. The van der Waals surface area contributed by atoms with Gasteiger partial charge in [0.05, 0.1) is 45.2 Å². The Labute approximate surface area is 316 Å². The first-order valence-corrected chi connectivity index (χ1v) is 19.1.